The number of aryl methyl sites for hydroxylation is 2. The third-order valence-corrected chi connectivity index (χ3v) is 5.74. The maximum absolute atomic E-state index is 13.8. The molecule has 0 atom stereocenters. The molecule has 0 bridgehead atoms. The molecule has 4 rings (SSSR count). The number of carbonyl (C=O) groups excluding carboxylic acids is 2. The Balaban J connectivity index is 1.90. The van der Waals surface area contributed by atoms with Crippen molar-refractivity contribution in [2.45, 2.75) is 20.8 Å². The van der Waals surface area contributed by atoms with Gasteiger partial charge in [0.1, 0.15) is 11.4 Å². The van der Waals surface area contributed by atoms with Crippen LogP contribution in [0.2, 0.25) is 0 Å². The zero-order valence-electron chi connectivity index (χ0n) is 18.8. The quantitative estimate of drug-likeness (QED) is 0.513. The molecule has 0 unspecified atom stereocenters. The number of anilines is 2. The smallest absolute Gasteiger partial charge is 0.282 e. The highest BCUT2D eigenvalue weighted by Crippen LogP contribution is 2.39. The van der Waals surface area contributed by atoms with Crippen LogP contribution in [0.5, 0.6) is 5.75 Å². The van der Waals surface area contributed by atoms with Gasteiger partial charge in [-0.15, -0.1) is 0 Å². The van der Waals surface area contributed by atoms with E-state index in [2.05, 4.69) is 0 Å². The lowest BCUT2D eigenvalue weighted by atomic mass is 9.99. The fourth-order valence-corrected chi connectivity index (χ4v) is 3.91. The summed E-state index contributed by atoms with van der Waals surface area (Å²) < 4.78 is 5.72. The molecule has 0 spiro atoms. The van der Waals surface area contributed by atoms with Crippen molar-refractivity contribution in [1.82, 2.24) is 0 Å². The third kappa shape index (κ3) is 3.66. The number of ether oxygens (including phenoxy) is 1. The molecule has 0 aromatic heterocycles. The van der Waals surface area contributed by atoms with Crippen molar-refractivity contribution >= 4 is 28.8 Å². The first-order valence-corrected chi connectivity index (χ1v) is 10.6. The Hall–Kier alpha value is -3.86. The van der Waals surface area contributed by atoms with Crippen molar-refractivity contribution in [2.75, 3.05) is 23.5 Å². The number of amides is 2. The fourth-order valence-electron chi connectivity index (χ4n) is 3.91. The zero-order valence-corrected chi connectivity index (χ0v) is 18.8. The summed E-state index contributed by atoms with van der Waals surface area (Å²) in [7, 11) is 1.81. The van der Waals surface area contributed by atoms with Gasteiger partial charge in [0.2, 0.25) is 0 Å². The number of rotatable bonds is 6. The van der Waals surface area contributed by atoms with Crippen molar-refractivity contribution in [2.24, 2.45) is 0 Å². The third-order valence-electron chi connectivity index (χ3n) is 5.74. The molecule has 0 saturated carbocycles. The van der Waals surface area contributed by atoms with E-state index in [9.17, 15) is 9.59 Å². The van der Waals surface area contributed by atoms with E-state index in [4.69, 9.17) is 4.74 Å². The van der Waals surface area contributed by atoms with Crippen molar-refractivity contribution in [3.05, 3.63) is 95.2 Å². The van der Waals surface area contributed by atoms with Crippen LogP contribution < -0.4 is 14.5 Å². The van der Waals surface area contributed by atoms with Gasteiger partial charge in [-0.05, 0) is 61.7 Å². The van der Waals surface area contributed by atoms with Crippen LogP contribution in [0.15, 0.2) is 78.5 Å². The van der Waals surface area contributed by atoms with Gasteiger partial charge in [0, 0.05) is 12.7 Å². The Labute approximate surface area is 188 Å². The molecule has 5 nitrogen and oxygen atoms in total. The molecule has 3 aromatic carbocycles. The first-order valence-electron chi connectivity index (χ1n) is 10.6. The van der Waals surface area contributed by atoms with Crippen LogP contribution in [0.4, 0.5) is 11.4 Å². The van der Waals surface area contributed by atoms with E-state index in [1.165, 1.54) is 4.90 Å². The summed E-state index contributed by atoms with van der Waals surface area (Å²) in [5.41, 5.74) is 4.91. The lowest BCUT2D eigenvalue weighted by Gasteiger charge is -2.22. The summed E-state index contributed by atoms with van der Waals surface area (Å²) in [6, 6.07) is 22.6. The summed E-state index contributed by atoms with van der Waals surface area (Å²) >= 11 is 0. The second kappa shape index (κ2) is 8.71. The normalized spacial score (nSPS) is 13.7. The van der Waals surface area contributed by atoms with E-state index in [1.807, 2.05) is 82.4 Å². The monoisotopic (exact) mass is 426 g/mol. The number of para-hydroxylation sites is 3. The minimum Gasteiger partial charge on any atom is -0.492 e. The maximum Gasteiger partial charge on any atom is 0.282 e. The highest BCUT2D eigenvalue weighted by atomic mass is 16.5. The van der Waals surface area contributed by atoms with Crippen LogP contribution in [0.1, 0.15) is 23.6 Å². The van der Waals surface area contributed by atoms with E-state index in [0.717, 1.165) is 22.4 Å². The second-order valence-electron chi connectivity index (χ2n) is 7.76. The van der Waals surface area contributed by atoms with Crippen LogP contribution in [0.25, 0.3) is 5.57 Å². The van der Waals surface area contributed by atoms with E-state index in [1.54, 1.807) is 23.1 Å². The molecular weight excluding hydrogens is 400 g/mol. The van der Waals surface area contributed by atoms with Gasteiger partial charge in [0.25, 0.3) is 11.8 Å². The maximum atomic E-state index is 13.8. The first-order chi connectivity index (χ1) is 15.4. The molecule has 2 amide bonds. The topological polar surface area (TPSA) is 49.9 Å². The second-order valence-corrected chi connectivity index (χ2v) is 7.76. The minimum absolute atomic E-state index is 0.343. The summed E-state index contributed by atoms with van der Waals surface area (Å²) in [5, 5.41) is 0. The molecule has 0 fully saturated rings. The predicted molar refractivity (Wildman–Crippen MR) is 128 cm³/mol. The molecule has 3 aromatic rings. The van der Waals surface area contributed by atoms with E-state index < -0.39 is 0 Å². The number of imide groups is 1. The average Bonchev–Trinajstić information content (AvgIpc) is 3.06. The molecule has 1 heterocycles. The molecule has 0 saturated heterocycles. The molecule has 0 radical (unpaired) electrons. The van der Waals surface area contributed by atoms with Crippen molar-refractivity contribution in [3.63, 3.8) is 0 Å². The number of carbonyl (C=O) groups is 2. The minimum atomic E-state index is -0.373. The number of hydrogen-bond acceptors (Lipinski definition) is 4. The van der Waals surface area contributed by atoms with Gasteiger partial charge in [-0.25, -0.2) is 4.90 Å². The molecule has 162 valence electrons. The van der Waals surface area contributed by atoms with Crippen LogP contribution in [0.3, 0.4) is 0 Å². The lowest BCUT2D eigenvalue weighted by Crippen LogP contribution is -2.34. The summed E-state index contributed by atoms with van der Waals surface area (Å²) in [6.07, 6.45) is 0. The largest absolute Gasteiger partial charge is 0.492 e. The molecule has 0 aliphatic carbocycles. The molecule has 32 heavy (non-hydrogen) atoms. The lowest BCUT2D eigenvalue weighted by molar-refractivity contribution is -0.120. The van der Waals surface area contributed by atoms with E-state index in [-0.39, 0.29) is 11.8 Å². The van der Waals surface area contributed by atoms with Crippen molar-refractivity contribution in [3.8, 4) is 5.75 Å². The van der Waals surface area contributed by atoms with Gasteiger partial charge in [-0.1, -0.05) is 48.5 Å². The van der Waals surface area contributed by atoms with Crippen LogP contribution in [-0.4, -0.2) is 25.5 Å². The highest BCUT2D eigenvalue weighted by Gasteiger charge is 2.43. The van der Waals surface area contributed by atoms with Crippen LogP contribution >= 0.6 is 0 Å². The molecule has 1 aliphatic heterocycles. The Kier molecular flexibility index (Phi) is 5.82. The molecule has 0 N–H and O–H groups in total. The van der Waals surface area contributed by atoms with Gasteiger partial charge in [-0.3, -0.25) is 9.59 Å². The van der Waals surface area contributed by atoms with Crippen molar-refractivity contribution < 1.29 is 14.3 Å². The number of hydrogen-bond donors (Lipinski definition) is 0. The Bertz CT molecular complexity index is 1210. The van der Waals surface area contributed by atoms with Gasteiger partial charge >= 0.3 is 0 Å². The Morgan fingerprint density at radius 1 is 0.844 bits per heavy atom. The zero-order chi connectivity index (χ0) is 22.8. The summed E-state index contributed by atoms with van der Waals surface area (Å²) in [6.45, 7) is 6.33. The average molecular weight is 427 g/mol. The first kappa shape index (κ1) is 21.4. The molecular formula is C27H26N2O3. The van der Waals surface area contributed by atoms with Crippen molar-refractivity contribution in [1.29, 1.82) is 0 Å². The standard InChI is InChI=1S/C27H26N2O3/c1-5-32-23-14-10-9-13-22(23)29-26(30)24(20-16-15-18(2)19(3)17-20)25(27(29)31)28(4)21-11-7-6-8-12-21/h6-17H,5H2,1-4H3. The van der Waals surface area contributed by atoms with Gasteiger partial charge < -0.3 is 9.64 Å². The Morgan fingerprint density at radius 2 is 1.53 bits per heavy atom. The Morgan fingerprint density at radius 3 is 2.22 bits per heavy atom. The number of benzene rings is 3. The SMILES string of the molecule is CCOc1ccccc1N1C(=O)C(c2ccc(C)c(C)c2)=C(N(C)c2ccccc2)C1=O. The summed E-state index contributed by atoms with van der Waals surface area (Å²) in [5.74, 6) is -0.232. The van der Waals surface area contributed by atoms with Gasteiger partial charge in [0.15, 0.2) is 0 Å². The van der Waals surface area contributed by atoms with E-state index >= 15 is 0 Å². The molecule has 1 aliphatic rings. The fraction of sp³-hybridized carbons (Fsp3) is 0.185. The van der Waals surface area contributed by atoms with Gasteiger partial charge in [-0.2, -0.15) is 0 Å². The highest BCUT2D eigenvalue weighted by molar-refractivity contribution is 6.46. The van der Waals surface area contributed by atoms with E-state index in [0.29, 0.717) is 29.3 Å². The number of nitrogens with zero attached hydrogens (tertiary/aromatic N) is 2. The summed E-state index contributed by atoms with van der Waals surface area (Å²) in [4.78, 5) is 30.6. The van der Waals surface area contributed by atoms with Crippen LogP contribution in [-0.2, 0) is 9.59 Å². The predicted octanol–water partition coefficient (Wildman–Crippen LogP) is 5.12. The molecule has 5 heteroatoms. The van der Waals surface area contributed by atoms with Crippen LogP contribution in [0, 0.1) is 13.8 Å². The van der Waals surface area contributed by atoms with Gasteiger partial charge in [0.05, 0.1) is 17.9 Å². The number of likely N-dealkylation sites (N-methyl/N-ethyl adjacent to an activating group) is 1.